The molecule has 15 rings (SSSR count). The minimum Gasteiger partial charge on any atom is -0.310 e. The van der Waals surface area contributed by atoms with Gasteiger partial charge in [0.1, 0.15) is 0 Å². The van der Waals surface area contributed by atoms with E-state index in [0.29, 0.717) is 0 Å². The van der Waals surface area contributed by atoms with Gasteiger partial charge in [-0.2, -0.15) is 0 Å². The average Bonchev–Trinajstić information content (AvgIpc) is 3.82. The quantitative estimate of drug-likeness (QED) is 0.162. The first kappa shape index (κ1) is 32.3. The lowest BCUT2D eigenvalue weighted by Crippen LogP contribution is -2.58. The molecule has 2 aromatic heterocycles. The highest BCUT2D eigenvalue weighted by Gasteiger charge is 2.42. The van der Waals surface area contributed by atoms with E-state index in [-0.39, 0.29) is 13.4 Å². The van der Waals surface area contributed by atoms with Crippen molar-refractivity contribution in [1.29, 1.82) is 0 Å². The Morgan fingerprint density at radius 1 is 0.317 bits per heavy atom. The van der Waals surface area contributed by atoms with E-state index in [9.17, 15) is 0 Å². The van der Waals surface area contributed by atoms with Gasteiger partial charge in [0.05, 0.1) is 22.1 Å². The fourth-order valence-corrected chi connectivity index (χ4v) is 13.7. The highest BCUT2D eigenvalue weighted by Crippen LogP contribution is 2.45. The Morgan fingerprint density at radius 3 is 1.25 bits per heavy atom. The van der Waals surface area contributed by atoms with Crippen LogP contribution in [0.5, 0.6) is 0 Å². The van der Waals surface area contributed by atoms with Crippen LogP contribution in [-0.4, -0.2) is 22.6 Å². The van der Waals surface area contributed by atoms with Gasteiger partial charge in [-0.15, -0.1) is 0 Å². The minimum absolute atomic E-state index is 0.154. The predicted octanol–water partition coefficient (Wildman–Crippen LogP) is 9.80. The third kappa shape index (κ3) is 4.06. The summed E-state index contributed by atoms with van der Waals surface area (Å²) in [4.78, 5) is 5.43. The zero-order valence-corrected chi connectivity index (χ0v) is 33.8. The molecule has 0 fully saturated rings. The first-order valence-electron chi connectivity index (χ1n) is 20.8. The molecule has 0 radical (unpaired) electrons. The van der Waals surface area contributed by atoms with Crippen molar-refractivity contribution in [2.45, 2.75) is 19.6 Å². The van der Waals surface area contributed by atoms with Crippen LogP contribution in [0.4, 0.5) is 0 Å². The van der Waals surface area contributed by atoms with Crippen LogP contribution in [-0.2, 0) is 0 Å². The summed E-state index contributed by atoms with van der Waals surface area (Å²) in [6.07, 6.45) is 0. The SMILES string of the molecule is c1ccc(-c2ccc3c(c2)B2c4ccccc4Sc4ccc5c6cc7c8ccc9c%10c8n(c7cc6n-3c5c42)-c2ccc(-c3ccccc3)cc2B%10c2ccccc2S9)cc1. The standard InChI is InChI=1S/C54H30B2N2S2/c1-3-11-31(12-4-1)33-19-23-43-41(27-33)55-39-15-7-9-17-47(39)59-49-25-21-35-37-29-38-36-22-26-50-52-54(36)58(46(38)30-45(37)57(43)53(35)51(49)55)44-24-20-34(32-13-5-2-6-14-32)28-42(44)56(52)40-16-8-10-18-48(40)60-50/h1-30H. The van der Waals surface area contributed by atoms with Crippen molar-refractivity contribution < 1.29 is 0 Å². The third-order valence-electron chi connectivity index (χ3n) is 13.8. The molecular formula is C54H30B2N2S2. The van der Waals surface area contributed by atoms with Gasteiger partial charge in [0, 0.05) is 52.5 Å². The Labute approximate surface area is 355 Å². The molecule has 0 aliphatic carbocycles. The molecule has 274 valence electrons. The van der Waals surface area contributed by atoms with Crippen LogP contribution in [0.3, 0.4) is 0 Å². The molecule has 60 heavy (non-hydrogen) atoms. The molecule has 2 nitrogen and oxygen atoms in total. The summed E-state index contributed by atoms with van der Waals surface area (Å²) in [5.41, 5.74) is 21.2. The van der Waals surface area contributed by atoms with Gasteiger partial charge in [0.25, 0.3) is 0 Å². The molecule has 0 spiro atoms. The number of rotatable bonds is 2. The molecule has 0 amide bonds. The van der Waals surface area contributed by atoms with Gasteiger partial charge in [-0.1, -0.05) is 168 Å². The van der Waals surface area contributed by atoms with Crippen LogP contribution in [0.1, 0.15) is 0 Å². The topological polar surface area (TPSA) is 9.86 Å². The predicted molar refractivity (Wildman–Crippen MR) is 256 cm³/mol. The highest BCUT2D eigenvalue weighted by molar-refractivity contribution is 8.00. The van der Waals surface area contributed by atoms with Crippen LogP contribution in [0, 0.1) is 0 Å². The molecule has 4 aliphatic rings. The van der Waals surface area contributed by atoms with Crippen molar-refractivity contribution >= 4 is 113 Å². The second-order valence-corrected chi connectivity index (χ2v) is 18.9. The Morgan fingerprint density at radius 2 is 0.767 bits per heavy atom. The fourth-order valence-electron chi connectivity index (χ4n) is 11.4. The molecule has 0 atom stereocenters. The molecule has 0 bridgehead atoms. The maximum absolute atomic E-state index is 2.62. The smallest absolute Gasteiger partial charge is 0.249 e. The zero-order chi connectivity index (χ0) is 38.8. The normalized spacial score (nSPS) is 13.8. The Kier molecular flexibility index (Phi) is 6.23. The van der Waals surface area contributed by atoms with E-state index in [1.807, 2.05) is 23.5 Å². The maximum atomic E-state index is 2.62. The lowest BCUT2D eigenvalue weighted by atomic mass is 9.35. The summed E-state index contributed by atoms with van der Waals surface area (Å²) >= 11 is 3.85. The van der Waals surface area contributed by atoms with Crippen LogP contribution < -0.4 is 32.8 Å². The molecule has 11 aromatic rings. The first-order chi connectivity index (χ1) is 29.8. The van der Waals surface area contributed by atoms with Gasteiger partial charge in [0.2, 0.25) is 13.4 Å². The van der Waals surface area contributed by atoms with Gasteiger partial charge in [-0.3, -0.25) is 0 Å². The van der Waals surface area contributed by atoms with Crippen molar-refractivity contribution in [3.05, 3.63) is 182 Å². The second-order valence-electron chi connectivity index (χ2n) is 16.7. The van der Waals surface area contributed by atoms with Gasteiger partial charge in [-0.25, -0.2) is 0 Å². The lowest BCUT2D eigenvalue weighted by molar-refractivity contribution is 1.17. The van der Waals surface area contributed by atoms with Crippen molar-refractivity contribution in [3.63, 3.8) is 0 Å². The Hall–Kier alpha value is -6.59. The largest absolute Gasteiger partial charge is 0.310 e. The van der Waals surface area contributed by atoms with E-state index < -0.39 is 0 Å². The van der Waals surface area contributed by atoms with Crippen molar-refractivity contribution in [2.24, 2.45) is 0 Å². The van der Waals surface area contributed by atoms with Crippen LogP contribution in [0.25, 0.3) is 77.2 Å². The summed E-state index contributed by atoms with van der Waals surface area (Å²) in [7, 11) is 0. The number of nitrogens with zero attached hydrogens (tertiary/aromatic N) is 2. The summed E-state index contributed by atoms with van der Waals surface area (Å²) in [5.74, 6) is 0. The van der Waals surface area contributed by atoms with Crippen molar-refractivity contribution in [3.8, 4) is 33.6 Å². The van der Waals surface area contributed by atoms with E-state index in [4.69, 9.17) is 0 Å². The number of hydrogen-bond acceptors (Lipinski definition) is 2. The molecule has 9 aromatic carbocycles. The number of hydrogen-bond donors (Lipinski definition) is 0. The van der Waals surface area contributed by atoms with Crippen LogP contribution in [0.2, 0.25) is 0 Å². The lowest BCUT2D eigenvalue weighted by Gasteiger charge is -2.33. The number of benzene rings is 9. The molecule has 0 N–H and O–H groups in total. The minimum atomic E-state index is 0.154. The zero-order valence-electron chi connectivity index (χ0n) is 32.2. The highest BCUT2D eigenvalue weighted by atomic mass is 32.2. The van der Waals surface area contributed by atoms with Crippen molar-refractivity contribution in [1.82, 2.24) is 9.13 Å². The summed E-state index contributed by atoms with van der Waals surface area (Å²) in [6, 6.07) is 69.0. The molecule has 6 heterocycles. The molecule has 4 aliphatic heterocycles. The van der Waals surface area contributed by atoms with Crippen LogP contribution >= 0.6 is 23.5 Å². The van der Waals surface area contributed by atoms with Gasteiger partial charge >= 0.3 is 0 Å². The molecule has 0 saturated heterocycles. The molecule has 0 unspecified atom stereocenters. The van der Waals surface area contributed by atoms with Gasteiger partial charge < -0.3 is 9.13 Å². The Balaban J connectivity index is 1.07. The van der Waals surface area contributed by atoms with Gasteiger partial charge in [-0.05, 0) is 92.6 Å². The van der Waals surface area contributed by atoms with E-state index in [0.717, 1.165) is 0 Å². The van der Waals surface area contributed by atoms with E-state index >= 15 is 0 Å². The summed E-state index contributed by atoms with van der Waals surface area (Å²) in [5, 5.41) is 5.29. The van der Waals surface area contributed by atoms with E-state index in [2.05, 4.69) is 191 Å². The number of fused-ring (bicyclic) bond motifs is 16. The van der Waals surface area contributed by atoms with Crippen molar-refractivity contribution in [2.75, 3.05) is 0 Å². The van der Waals surface area contributed by atoms with Gasteiger partial charge in [0.15, 0.2) is 0 Å². The fraction of sp³-hybridized carbons (Fsp3) is 0. The summed E-state index contributed by atoms with van der Waals surface area (Å²) < 4.78 is 5.24. The van der Waals surface area contributed by atoms with E-state index in [1.165, 1.54) is 130 Å². The van der Waals surface area contributed by atoms with E-state index in [1.54, 1.807) is 0 Å². The average molecular weight is 793 g/mol. The maximum Gasteiger partial charge on any atom is 0.249 e. The monoisotopic (exact) mass is 792 g/mol. The van der Waals surface area contributed by atoms with Crippen LogP contribution in [0.15, 0.2) is 202 Å². The molecule has 6 heteroatoms. The summed E-state index contributed by atoms with van der Waals surface area (Å²) in [6.45, 7) is 0.307. The molecular weight excluding hydrogens is 762 g/mol. The molecule has 0 saturated carbocycles. The second kappa shape index (κ2) is 11.6. The first-order valence-corrected chi connectivity index (χ1v) is 22.5. The Bertz CT molecular complexity index is 3490. The number of aromatic nitrogens is 2. The third-order valence-corrected chi connectivity index (χ3v) is 16.2.